The lowest BCUT2D eigenvalue weighted by atomic mass is 10.1. The molecule has 2 rings (SSSR count). The van der Waals surface area contributed by atoms with E-state index < -0.39 is 0 Å². The number of nitriles is 1. The van der Waals surface area contributed by atoms with Crippen LogP contribution >= 0.6 is 12.4 Å². The Labute approximate surface area is 109 Å². The zero-order valence-electron chi connectivity index (χ0n) is 9.80. The maximum Gasteiger partial charge on any atom is 0.0991 e. The minimum atomic E-state index is 0. The molecular weight excluding hydrogens is 234 g/mol. The van der Waals surface area contributed by atoms with Gasteiger partial charge in [-0.15, -0.1) is 12.4 Å². The Morgan fingerprint density at radius 3 is 2.65 bits per heavy atom. The second kappa shape index (κ2) is 6.61. The third-order valence-electron chi connectivity index (χ3n) is 3.03. The molecule has 1 atom stereocenters. The van der Waals surface area contributed by atoms with Gasteiger partial charge in [0.05, 0.1) is 11.6 Å². The summed E-state index contributed by atoms with van der Waals surface area (Å²) in [6, 6.07) is 10.3. The highest BCUT2D eigenvalue weighted by Crippen LogP contribution is 2.13. The average Bonchev–Trinajstić information content (AvgIpc) is 2.30. The molecule has 0 bridgehead atoms. The van der Waals surface area contributed by atoms with Crippen molar-refractivity contribution in [2.75, 3.05) is 13.1 Å². The molecule has 2 N–H and O–H groups in total. The van der Waals surface area contributed by atoms with Crippen molar-refractivity contribution in [1.82, 2.24) is 4.90 Å². The maximum absolute atomic E-state index is 8.71. The van der Waals surface area contributed by atoms with Crippen LogP contribution in [0.15, 0.2) is 24.3 Å². The number of nitrogens with zero attached hydrogens (tertiary/aromatic N) is 2. The number of benzene rings is 1. The molecule has 4 heteroatoms. The van der Waals surface area contributed by atoms with Crippen LogP contribution in [-0.2, 0) is 6.54 Å². The van der Waals surface area contributed by atoms with E-state index in [1.165, 1.54) is 12.0 Å². The molecule has 17 heavy (non-hydrogen) atoms. The molecular formula is C13H18ClN3. The van der Waals surface area contributed by atoms with Gasteiger partial charge in [-0.3, -0.25) is 4.90 Å². The number of likely N-dealkylation sites (tertiary alicyclic amines) is 1. The Hall–Kier alpha value is -1.08. The molecule has 1 aromatic rings. The van der Waals surface area contributed by atoms with Crippen molar-refractivity contribution >= 4 is 12.4 Å². The molecule has 0 spiro atoms. The van der Waals surface area contributed by atoms with Crippen LogP contribution in [-0.4, -0.2) is 24.0 Å². The second-order valence-corrected chi connectivity index (χ2v) is 4.45. The van der Waals surface area contributed by atoms with Crippen molar-refractivity contribution in [2.45, 2.75) is 25.4 Å². The fourth-order valence-electron chi connectivity index (χ4n) is 2.18. The number of halogens is 1. The van der Waals surface area contributed by atoms with Gasteiger partial charge in [0.15, 0.2) is 0 Å². The molecule has 0 radical (unpaired) electrons. The lowest BCUT2D eigenvalue weighted by Gasteiger charge is -2.30. The van der Waals surface area contributed by atoms with Gasteiger partial charge in [-0.1, -0.05) is 12.1 Å². The summed E-state index contributed by atoms with van der Waals surface area (Å²) in [5, 5.41) is 8.71. The molecule has 0 amide bonds. The fraction of sp³-hybridized carbons (Fsp3) is 0.462. The van der Waals surface area contributed by atoms with Crippen LogP contribution in [0, 0.1) is 11.3 Å². The summed E-state index contributed by atoms with van der Waals surface area (Å²) >= 11 is 0. The van der Waals surface area contributed by atoms with Gasteiger partial charge in [-0.05, 0) is 37.1 Å². The van der Waals surface area contributed by atoms with Crippen molar-refractivity contribution in [2.24, 2.45) is 5.73 Å². The number of nitrogens with two attached hydrogens (primary N) is 1. The third-order valence-corrected chi connectivity index (χ3v) is 3.03. The topological polar surface area (TPSA) is 53.0 Å². The lowest BCUT2D eigenvalue weighted by molar-refractivity contribution is 0.201. The van der Waals surface area contributed by atoms with E-state index in [9.17, 15) is 0 Å². The number of hydrogen-bond donors (Lipinski definition) is 1. The average molecular weight is 252 g/mol. The number of rotatable bonds is 2. The van der Waals surface area contributed by atoms with Crippen molar-refractivity contribution in [3.05, 3.63) is 35.4 Å². The zero-order chi connectivity index (χ0) is 11.4. The summed E-state index contributed by atoms with van der Waals surface area (Å²) in [5.74, 6) is 0. The summed E-state index contributed by atoms with van der Waals surface area (Å²) < 4.78 is 0. The zero-order valence-corrected chi connectivity index (χ0v) is 10.6. The summed E-state index contributed by atoms with van der Waals surface area (Å²) in [6.45, 7) is 3.06. The quantitative estimate of drug-likeness (QED) is 0.874. The lowest BCUT2D eigenvalue weighted by Crippen LogP contribution is -2.42. The fourth-order valence-corrected chi connectivity index (χ4v) is 2.18. The highest BCUT2D eigenvalue weighted by Gasteiger charge is 2.16. The molecule has 1 aliphatic heterocycles. The van der Waals surface area contributed by atoms with E-state index >= 15 is 0 Å². The normalized spacial score (nSPS) is 20.4. The summed E-state index contributed by atoms with van der Waals surface area (Å²) in [7, 11) is 0. The highest BCUT2D eigenvalue weighted by atomic mass is 35.5. The molecule has 1 aromatic carbocycles. The first kappa shape index (κ1) is 14.0. The second-order valence-electron chi connectivity index (χ2n) is 4.45. The summed E-state index contributed by atoms with van der Waals surface area (Å²) in [6.07, 6.45) is 2.33. The van der Waals surface area contributed by atoms with Crippen molar-refractivity contribution in [3.63, 3.8) is 0 Å². The Bertz CT molecular complexity index is 383. The van der Waals surface area contributed by atoms with Crippen LogP contribution in [0.4, 0.5) is 0 Å². The van der Waals surface area contributed by atoms with Crippen molar-refractivity contribution in [1.29, 1.82) is 5.26 Å². The predicted molar refractivity (Wildman–Crippen MR) is 70.9 cm³/mol. The molecule has 92 valence electrons. The van der Waals surface area contributed by atoms with Gasteiger partial charge in [0.1, 0.15) is 0 Å². The molecule has 1 aliphatic rings. The van der Waals surface area contributed by atoms with Gasteiger partial charge in [0, 0.05) is 19.1 Å². The van der Waals surface area contributed by atoms with E-state index in [0.29, 0.717) is 6.04 Å². The Balaban J connectivity index is 0.00000144. The molecule has 1 fully saturated rings. The van der Waals surface area contributed by atoms with E-state index in [-0.39, 0.29) is 12.4 Å². The van der Waals surface area contributed by atoms with E-state index in [1.54, 1.807) is 0 Å². The predicted octanol–water partition coefficient (Wildman–Crippen LogP) is 1.90. The summed E-state index contributed by atoms with van der Waals surface area (Å²) in [5.41, 5.74) is 7.92. The molecule has 1 saturated heterocycles. The smallest absolute Gasteiger partial charge is 0.0991 e. The molecule has 0 aliphatic carbocycles. The van der Waals surface area contributed by atoms with Crippen molar-refractivity contribution < 1.29 is 0 Å². The minimum Gasteiger partial charge on any atom is -0.327 e. The molecule has 0 saturated carbocycles. The van der Waals surface area contributed by atoms with Gasteiger partial charge in [0.25, 0.3) is 0 Å². The third kappa shape index (κ3) is 4.01. The molecule has 0 aromatic heterocycles. The van der Waals surface area contributed by atoms with Gasteiger partial charge in [-0.2, -0.15) is 5.26 Å². The maximum atomic E-state index is 8.71. The minimum absolute atomic E-state index is 0. The van der Waals surface area contributed by atoms with Crippen LogP contribution in [0.1, 0.15) is 24.0 Å². The Morgan fingerprint density at radius 1 is 1.35 bits per heavy atom. The standard InChI is InChI=1S/C13H17N3.ClH/c14-8-11-3-5-12(6-4-11)9-16-7-1-2-13(15)10-16;/h3-6,13H,1-2,7,9-10,15H2;1H/t13-;/m1./s1. The monoisotopic (exact) mass is 251 g/mol. The number of hydrogen-bond acceptors (Lipinski definition) is 3. The van der Waals surface area contributed by atoms with Crippen molar-refractivity contribution in [3.8, 4) is 6.07 Å². The first-order chi connectivity index (χ1) is 7.78. The first-order valence-corrected chi connectivity index (χ1v) is 5.75. The van der Waals surface area contributed by atoms with Crippen LogP contribution in [0.5, 0.6) is 0 Å². The summed E-state index contributed by atoms with van der Waals surface area (Å²) in [4.78, 5) is 2.38. The van der Waals surface area contributed by atoms with Gasteiger partial charge in [-0.25, -0.2) is 0 Å². The largest absolute Gasteiger partial charge is 0.327 e. The molecule has 3 nitrogen and oxygen atoms in total. The highest BCUT2D eigenvalue weighted by molar-refractivity contribution is 5.85. The number of piperidine rings is 1. The van der Waals surface area contributed by atoms with Gasteiger partial charge >= 0.3 is 0 Å². The van der Waals surface area contributed by atoms with Gasteiger partial charge in [0.2, 0.25) is 0 Å². The van der Waals surface area contributed by atoms with E-state index in [2.05, 4.69) is 11.0 Å². The van der Waals surface area contributed by atoms with Crippen LogP contribution in [0.25, 0.3) is 0 Å². The Kier molecular flexibility index (Phi) is 5.43. The van der Waals surface area contributed by atoms with E-state index in [0.717, 1.165) is 31.6 Å². The molecule has 0 unspecified atom stereocenters. The van der Waals surface area contributed by atoms with Crippen LogP contribution in [0.2, 0.25) is 0 Å². The van der Waals surface area contributed by atoms with Crippen LogP contribution in [0.3, 0.4) is 0 Å². The Morgan fingerprint density at radius 2 is 2.06 bits per heavy atom. The van der Waals surface area contributed by atoms with Crippen LogP contribution < -0.4 is 5.73 Å². The van der Waals surface area contributed by atoms with Gasteiger partial charge < -0.3 is 5.73 Å². The first-order valence-electron chi connectivity index (χ1n) is 5.75. The van der Waals surface area contributed by atoms with E-state index in [4.69, 9.17) is 11.0 Å². The molecule has 1 heterocycles. The SMILES string of the molecule is Cl.N#Cc1ccc(CN2CCC[C@@H](N)C2)cc1. The van der Waals surface area contributed by atoms with E-state index in [1.807, 2.05) is 24.3 Å².